The van der Waals surface area contributed by atoms with Gasteiger partial charge in [0.25, 0.3) is 0 Å². The summed E-state index contributed by atoms with van der Waals surface area (Å²) in [5, 5.41) is 0.783. The molecule has 1 saturated heterocycles. The standard InChI is InChI=1S/C24H27ClN2O3/c1-16-21(26-24(30-16)20-7-4-8-22(28-2)23(20)29-3)15-27-13-5-6-18(14-27)17-9-11-19(25)12-10-17/h4,7-12,18H,5-6,13-15H2,1-3H3/t18-/m0/s1. The fourth-order valence-corrected chi connectivity index (χ4v) is 4.29. The third-order valence-corrected chi connectivity index (χ3v) is 6.00. The van der Waals surface area contributed by atoms with Gasteiger partial charge < -0.3 is 13.9 Å². The molecule has 4 rings (SSSR count). The molecule has 1 aromatic heterocycles. The normalized spacial score (nSPS) is 17.1. The van der Waals surface area contributed by atoms with Crippen LogP contribution in [-0.2, 0) is 6.54 Å². The number of hydrogen-bond donors (Lipinski definition) is 0. The second-order valence-electron chi connectivity index (χ2n) is 7.69. The van der Waals surface area contributed by atoms with Crippen molar-refractivity contribution in [1.82, 2.24) is 9.88 Å². The van der Waals surface area contributed by atoms with Crippen LogP contribution in [0.3, 0.4) is 0 Å². The number of hydrogen-bond acceptors (Lipinski definition) is 5. The lowest BCUT2D eigenvalue weighted by atomic mass is 9.90. The van der Waals surface area contributed by atoms with E-state index in [4.69, 9.17) is 30.5 Å². The van der Waals surface area contributed by atoms with E-state index in [1.807, 2.05) is 37.3 Å². The summed E-state index contributed by atoms with van der Waals surface area (Å²) in [5.74, 6) is 3.21. The number of oxazole rings is 1. The van der Waals surface area contributed by atoms with E-state index in [2.05, 4.69) is 17.0 Å². The minimum Gasteiger partial charge on any atom is -0.493 e. The zero-order valence-electron chi connectivity index (χ0n) is 17.7. The van der Waals surface area contributed by atoms with Gasteiger partial charge in [-0.05, 0) is 62.1 Å². The number of aryl methyl sites for hydroxylation is 1. The second-order valence-corrected chi connectivity index (χ2v) is 8.13. The van der Waals surface area contributed by atoms with E-state index < -0.39 is 0 Å². The maximum Gasteiger partial charge on any atom is 0.230 e. The molecule has 5 nitrogen and oxygen atoms in total. The summed E-state index contributed by atoms with van der Waals surface area (Å²) in [6.45, 7) is 4.81. The number of ether oxygens (including phenoxy) is 2. The van der Waals surface area contributed by atoms with Crippen molar-refractivity contribution in [2.45, 2.75) is 32.2 Å². The Kier molecular flexibility index (Phi) is 6.30. The summed E-state index contributed by atoms with van der Waals surface area (Å²) in [7, 11) is 3.25. The maximum absolute atomic E-state index is 6.05. The summed E-state index contributed by atoms with van der Waals surface area (Å²) in [6, 6.07) is 14.0. The van der Waals surface area contributed by atoms with Crippen LogP contribution in [0.4, 0.5) is 0 Å². The lowest BCUT2D eigenvalue weighted by molar-refractivity contribution is 0.197. The van der Waals surface area contributed by atoms with Gasteiger partial charge in [0.15, 0.2) is 11.5 Å². The van der Waals surface area contributed by atoms with Gasteiger partial charge in [0, 0.05) is 18.1 Å². The van der Waals surface area contributed by atoms with Crippen molar-refractivity contribution in [2.75, 3.05) is 27.3 Å². The predicted octanol–water partition coefficient (Wildman–Crippen LogP) is 5.70. The molecule has 0 N–H and O–H groups in total. The Labute approximate surface area is 182 Å². The maximum atomic E-state index is 6.05. The number of piperidine rings is 1. The quantitative estimate of drug-likeness (QED) is 0.506. The highest BCUT2D eigenvalue weighted by atomic mass is 35.5. The van der Waals surface area contributed by atoms with Gasteiger partial charge in [-0.2, -0.15) is 0 Å². The number of aromatic nitrogens is 1. The fourth-order valence-electron chi connectivity index (χ4n) is 4.16. The molecule has 1 fully saturated rings. The Morgan fingerprint density at radius 2 is 1.93 bits per heavy atom. The molecule has 0 radical (unpaired) electrons. The number of rotatable bonds is 6. The molecule has 1 aliphatic rings. The minimum absolute atomic E-state index is 0.515. The first-order chi connectivity index (χ1) is 14.6. The molecule has 2 aromatic carbocycles. The number of likely N-dealkylation sites (tertiary alicyclic amines) is 1. The fraction of sp³-hybridized carbons (Fsp3) is 0.375. The van der Waals surface area contributed by atoms with Crippen molar-refractivity contribution in [1.29, 1.82) is 0 Å². The van der Waals surface area contributed by atoms with Gasteiger partial charge in [-0.15, -0.1) is 0 Å². The number of benzene rings is 2. The van der Waals surface area contributed by atoms with E-state index in [1.165, 1.54) is 18.4 Å². The molecule has 2 heterocycles. The molecule has 0 unspecified atom stereocenters. The van der Waals surface area contributed by atoms with Crippen molar-refractivity contribution in [3.05, 3.63) is 64.5 Å². The highest BCUT2D eigenvalue weighted by Crippen LogP contribution is 2.38. The molecule has 0 saturated carbocycles. The monoisotopic (exact) mass is 426 g/mol. The Hall–Kier alpha value is -2.50. The molecule has 0 spiro atoms. The average molecular weight is 427 g/mol. The van der Waals surface area contributed by atoms with Crippen LogP contribution in [0, 0.1) is 6.92 Å². The van der Waals surface area contributed by atoms with Crippen LogP contribution in [0.1, 0.15) is 35.8 Å². The Morgan fingerprint density at radius 1 is 1.13 bits per heavy atom. The predicted molar refractivity (Wildman–Crippen MR) is 118 cm³/mol. The van der Waals surface area contributed by atoms with Crippen LogP contribution < -0.4 is 9.47 Å². The van der Waals surface area contributed by atoms with Gasteiger partial charge >= 0.3 is 0 Å². The first-order valence-electron chi connectivity index (χ1n) is 10.2. The summed E-state index contributed by atoms with van der Waals surface area (Å²) in [5.41, 5.74) is 3.11. The molecule has 0 bridgehead atoms. The first kappa shape index (κ1) is 20.8. The SMILES string of the molecule is COc1cccc(-c2nc(CN3CCC[C@H](c4ccc(Cl)cc4)C3)c(C)o2)c1OC. The third kappa shape index (κ3) is 4.32. The molecule has 6 heteroatoms. The van der Waals surface area contributed by atoms with E-state index in [1.54, 1.807) is 14.2 Å². The average Bonchev–Trinajstić information content (AvgIpc) is 3.13. The van der Waals surface area contributed by atoms with Gasteiger partial charge in [0.05, 0.1) is 25.5 Å². The molecular weight excluding hydrogens is 400 g/mol. The molecular formula is C24H27ClN2O3. The molecule has 0 aliphatic carbocycles. The molecule has 3 aromatic rings. The lowest BCUT2D eigenvalue weighted by Crippen LogP contribution is -2.34. The van der Waals surface area contributed by atoms with Gasteiger partial charge in [0.1, 0.15) is 5.76 Å². The summed E-state index contributed by atoms with van der Waals surface area (Å²) < 4.78 is 17.0. The number of para-hydroxylation sites is 1. The van der Waals surface area contributed by atoms with Gasteiger partial charge in [-0.25, -0.2) is 4.98 Å². The van der Waals surface area contributed by atoms with Crippen LogP contribution in [0.25, 0.3) is 11.5 Å². The van der Waals surface area contributed by atoms with Crippen LogP contribution in [0.5, 0.6) is 11.5 Å². The van der Waals surface area contributed by atoms with Crippen molar-refractivity contribution in [2.24, 2.45) is 0 Å². The van der Waals surface area contributed by atoms with E-state index in [0.717, 1.165) is 41.7 Å². The summed E-state index contributed by atoms with van der Waals surface area (Å²) in [6.07, 6.45) is 2.36. The van der Waals surface area contributed by atoms with Gasteiger partial charge in [-0.3, -0.25) is 4.90 Å². The topological polar surface area (TPSA) is 47.7 Å². The second kappa shape index (κ2) is 9.11. The van der Waals surface area contributed by atoms with E-state index >= 15 is 0 Å². The first-order valence-corrected chi connectivity index (χ1v) is 10.6. The van der Waals surface area contributed by atoms with Gasteiger partial charge in [0.2, 0.25) is 5.89 Å². The molecule has 158 valence electrons. The molecule has 30 heavy (non-hydrogen) atoms. The molecule has 0 amide bonds. The Morgan fingerprint density at radius 3 is 2.67 bits per heavy atom. The molecule has 1 atom stereocenters. The lowest BCUT2D eigenvalue weighted by Gasteiger charge is -2.32. The van der Waals surface area contributed by atoms with E-state index in [-0.39, 0.29) is 0 Å². The minimum atomic E-state index is 0.515. The van der Waals surface area contributed by atoms with Crippen molar-refractivity contribution in [3.8, 4) is 23.0 Å². The Bertz CT molecular complexity index is 1000. The van der Waals surface area contributed by atoms with E-state index in [9.17, 15) is 0 Å². The van der Waals surface area contributed by atoms with Crippen molar-refractivity contribution in [3.63, 3.8) is 0 Å². The largest absolute Gasteiger partial charge is 0.493 e. The van der Waals surface area contributed by atoms with E-state index in [0.29, 0.717) is 23.3 Å². The van der Waals surface area contributed by atoms with Crippen molar-refractivity contribution >= 4 is 11.6 Å². The number of methoxy groups -OCH3 is 2. The summed E-state index contributed by atoms with van der Waals surface area (Å²) >= 11 is 6.05. The zero-order chi connectivity index (χ0) is 21.1. The van der Waals surface area contributed by atoms with Crippen LogP contribution in [0.15, 0.2) is 46.9 Å². The summed E-state index contributed by atoms with van der Waals surface area (Å²) in [4.78, 5) is 7.26. The molecule has 1 aliphatic heterocycles. The van der Waals surface area contributed by atoms with Crippen LogP contribution in [0.2, 0.25) is 5.02 Å². The zero-order valence-corrected chi connectivity index (χ0v) is 18.4. The van der Waals surface area contributed by atoms with Crippen LogP contribution in [-0.4, -0.2) is 37.2 Å². The number of nitrogens with zero attached hydrogens (tertiary/aromatic N) is 2. The van der Waals surface area contributed by atoms with Crippen LogP contribution >= 0.6 is 11.6 Å². The number of halogens is 1. The van der Waals surface area contributed by atoms with Crippen molar-refractivity contribution < 1.29 is 13.9 Å². The smallest absolute Gasteiger partial charge is 0.230 e. The Balaban J connectivity index is 1.52. The third-order valence-electron chi connectivity index (χ3n) is 5.75. The van der Waals surface area contributed by atoms with Gasteiger partial charge in [-0.1, -0.05) is 29.8 Å². The highest BCUT2D eigenvalue weighted by Gasteiger charge is 2.24. The highest BCUT2D eigenvalue weighted by molar-refractivity contribution is 6.30.